The molecule has 18 heavy (non-hydrogen) atoms. The van der Waals surface area contributed by atoms with Crippen molar-refractivity contribution in [2.75, 3.05) is 13.1 Å². The summed E-state index contributed by atoms with van der Waals surface area (Å²) in [5.74, 6) is 1.15. The van der Waals surface area contributed by atoms with Gasteiger partial charge in [-0.05, 0) is 32.6 Å². The average molecular weight is 245 g/mol. The summed E-state index contributed by atoms with van der Waals surface area (Å²) in [6.07, 6.45) is 3.38. The van der Waals surface area contributed by atoms with Crippen molar-refractivity contribution in [2.24, 2.45) is 5.92 Å². The third kappa shape index (κ3) is 3.95. The minimum Gasteiger partial charge on any atom is -0.300 e. The number of rotatable bonds is 7. The number of nitrogens with zero attached hydrogens (tertiary/aromatic N) is 1. The van der Waals surface area contributed by atoms with Gasteiger partial charge in [0.1, 0.15) is 0 Å². The lowest BCUT2D eigenvalue weighted by atomic mass is 10.1. The fourth-order valence-corrected chi connectivity index (χ4v) is 2.21. The van der Waals surface area contributed by atoms with E-state index in [1.807, 2.05) is 30.3 Å². The lowest BCUT2D eigenvalue weighted by Gasteiger charge is -2.26. The van der Waals surface area contributed by atoms with E-state index < -0.39 is 0 Å². The van der Waals surface area contributed by atoms with Crippen molar-refractivity contribution in [3.63, 3.8) is 0 Å². The van der Waals surface area contributed by atoms with E-state index in [4.69, 9.17) is 0 Å². The van der Waals surface area contributed by atoms with Gasteiger partial charge in [-0.3, -0.25) is 4.79 Å². The average Bonchev–Trinajstić information content (AvgIpc) is 3.18. The van der Waals surface area contributed by atoms with Gasteiger partial charge in [0.15, 0.2) is 5.78 Å². The standard InChI is InChI=1S/C16H23NO/c1-13(2)17(12-14-8-9-14)11-10-16(18)15-6-4-3-5-7-15/h3-7,13-14H,8-12H2,1-2H3. The van der Waals surface area contributed by atoms with Crippen LogP contribution in [0, 0.1) is 5.92 Å². The summed E-state index contributed by atoms with van der Waals surface area (Å²) in [5.41, 5.74) is 0.840. The second-order valence-electron chi connectivity index (χ2n) is 5.57. The first-order chi connectivity index (χ1) is 8.66. The first-order valence-corrected chi connectivity index (χ1v) is 6.99. The van der Waals surface area contributed by atoms with E-state index in [0.29, 0.717) is 12.5 Å². The lowest BCUT2D eigenvalue weighted by Crippen LogP contribution is -2.34. The predicted molar refractivity (Wildman–Crippen MR) is 74.8 cm³/mol. The van der Waals surface area contributed by atoms with Crippen molar-refractivity contribution in [3.8, 4) is 0 Å². The smallest absolute Gasteiger partial charge is 0.164 e. The molecule has 0 aromatic heterocycles. The Bertz CT molecular complexity index is 381. The Balaban J connectivity index is 1.83. The summed E-state index contributed by atoms with van der Waals surface area (Å²) in [4.78, 5) is 14.5. The third-order valence-electron chi connectivity index (χ3n) is 3.64. The van der Waals surface area contributed by atoms with Crippen LogP contribution in [0.1, 0.15) is 43.5 Å². The van der Waals surface area contributed by atoms with Gasteiger partial charge in [0.05, 0.1) is 0 Å². The molecule has 0 N–H and O–H groups in total. The molecule has 1 aliphatic carbocycles. The van der Waals surface area contributed by atoms with E-state index >= 15 is 0 Å². The molecule has 0 unspecified atom stereocenters. The molecule has 1 saturated carbocycles. The molecule has 0 bridgehead atoms. The van der Waals surface area contributed by atoms with E-state index in [2.05, 4.69) is 18.7 Å². The molecular formula is C16H23NO. The fourth-order valence-electron chi connectivity index (χ4n) is 2.21. The highest BCUT2D eigenvalue weighted by atomic mass is 16.1. The highest BCUT2D eigenvalue weighted by Crippen LogP contribution is 2.30. The van der Waals surface area contributed by atoms with Crippen molar-refractivity contribution in [3.05, 3.63) is 35.9 Å². The number of benzene rings is 1. The predicted octanol–water partition coefficient (Wildman–Crippen LogP) is 3.38. The molecule has 0 aliphatic heterocycles. The van der Waals surface area contributed by atoms with Gasteiger partial charge in [0.25, 0.3) is 0 Å². The van der Waals surface area contributed by atoms with Crippen molar-refractivity contribution >= 4 is 5.78 Å². The number of hydrogen-bond donors (Lipinski definition) is 0. The van der Waals surface area contributed by atoms with Crippen LogP contribution in [0.25, 0.3) is 0 Å². The zero-order valence-corrected chi connectivity index (χ0v) is 11.4. The van der Waals surface area contributed by atoms with Crippen LogP contribution in [0.15, 0.2) is 30.3 Å². The van der Waals surface area contributed by atoms with E-state index in [-0.39, 0.29) is 5.78 Å². The van der Waals surface area contributed by atoms with Crippen molar-refractivity contribution in [1.29, 1.82) is 0 Å². The fraction of sp³-hybridized carbons (Fsp3) is 0.562. The Hall–Kier alpha value is -1.15. The Labute approximate surface area is 110 Å². The molecule has 2 heteroatoms. The second-order valence-corrected chi connectivity index (χ2v) is 5.57. The second kappa shape index (κ2) is 6.14. The summed E-state index contributed by atoms with van der Waals surface area (Å²) < 4.78 is 0. The first-order valence-electron chi connectivity index (χ1n) is 6.99. The molecule has 1 aromatic carbocycles. The van der Waals surface area contributed by atoms with Gasteiger partial charge >= 0.3 is 0 Å². The zero-order valence-electron chi connectivity index (χ0n) is 11.4. The van der Waals surface area contributed by atoms with Crippen molar-refractivity contribution in [2.45, 2.75) is 39.2 Å². The normalized spacial score (nSPS) is 15.3. The zero-order chi connectivity index (χ0) is 13.0. The largest absolute Gasteiger partial charge is 0.300 e. The quantitative estimate of drug-likeness (QED) is 0.686. The van der Waals surface area contributed by atoms with Crippen LogP contribution in [0.2, 0.25) is 0 Å². The van der Waals surface area contributed by atoms with E-state index in [9.17, 15) is 4.79 Å². The van der Waals surface area contributed by atoms with Crippen LogP contribution in [-0.2, 0) is 0 Å². The number of ketones is 1. The van der Waals surface area contributed by atoms with Crippen LogP contribution in [-0.4, -0.2) is 29.8 Å². The summed E-state index contributed by atoms with van der Waals surface area (Å²) in [5, 5.41) is 0. The highest BCUT2D eigenvalue weighted by molar-refractivity contribution is 5.96. The maximum atomic E-state index is 12.0. The van der Waals surface area contributed by atoms with Crippen LogP contribution < -0.4 is 0 Å². The van der Waals surface area contributed by atoms with E-state index in [1.54, 1.807) is 0 Å². The van der Waals surface area contributed by atoms with Gasteiger partial charge < -0.3 is 4.90 Å². The minimum absolute atomic E-state index is 0.261. The molecule has 1 aromatic rings. The molecule has 0 radical (unpaired) electrons. The molecule has 1 fully saturated rings. The molecule has 98 valence electrons. The first kappa shape index (κ1) is 13.3. The van der Waals surface area contributed by atoms with Crippen LogP contribution >= 0.6 is 0 Å². The van der Waals surface area contributed by atoms with Gasteiger partial charge in [-0.2, -0.15) is 0 Å². The summed E-state index contributed by atoms with van der Waals surface area (Å²) in [6, 6.07) is 10.2. The number of Topliss-reactive ketones (excluding diaryl/α,β-unsaturated/α-hetero) is 1. The third-order valence-corrected chi connectivity index (χ3v) is 3.64. The Morgan fingerprint density at radius 1 is 1.28 bits per heavy atom. The van der Waals surface area contributed by atoms with Crippen LogP contribution in [0.3, 0.4) is 0 Å². The number of carbonyl (C=O) groups excluding carboxylic acids is 1. The summed E-state index contributed by atoms with van der Waals surface area (Å²) >= 11 is 0. The van der Waals surface area contributed by atoms with Crippen LogP contribution in [0.5, 0.6) is 0 Å². The van der Waals surface area contributed by atoms with Gasteiger partial charge in [0.2, 0.25) is 0 Å². The van der Waals surface area contributed by atoms with Gasteiger partial charge in [-0.1, -0.05) is 30.3 Å². The maximum absolute atomic E-state index is 12.0. The highest BCUT2D eigenvalue weighted by Gasteiger charge is 2.25. The van der Waals surface area contributed by atoms with Crippen LogP contribution in [0.4, 0.5) is 0 Å². The summed E-state index contributed by atoms with van der Waals surface area (Å²) in [7, 11) is 0. The van der Waals surface area contributed by atoms with Crippen molar-refractivity contribution < 1.29 is 4.79 Å². The van der Waals surface area contributed by atoms with Gasteiger partial charge in [-0.25, -0.2) is 0 Å². The van der Waals surface area contributed by atoms with E-state index in [1.165, 1.54) is 19.4 Å². The maximum Gasteiger partial charge on any atom is 0.164 e. The van der Waals surface area contributed by atoms with E-state index in [0.717, 1.165) is 18.0 Å². The van der Waals surface area contributed by atoms with Gasteiger partial charge in [0, 0.05) is 31.1 Å². The molecule has 0 atom stereocenters. The monoisotopic (exact) mass is 245 g/mol. The Kier molecular flexibility index (Phi) is 4.54. The Morgan fingerprint density at radius 2 is 1.94 bits per heavy atom. The molecule has 1 aliphatic rings. The van der Waals surface area contributed by atoms with Gasteiger partial charge in [-0.15, -0.1) is 0 Å². The molecule has 0 heterocycles. The molecular weight excluding hydrogens is 222 g/mol. The lowest BCUT2D eigenvalue weighted by molar-refractivity contribution is 0.0953. The molecule has 0 amide bonds. The summed E-state index contributed by atoms with van der Waals surface area (Å²) in [6.45, 7) is 6.49. The topological polar surface area (TPSA) is 20.3 Å². The van der Waals surface area contributed by atoms with Crippen molar-refractivity contribution in [1.82, 2.24) is 4.90 Å². The number of carbonyl (C=O) groups is 1. The minimum atomic E-state index is 0.261. The molecule has 0 spiro atoms. The molecule has 2 nitrogen and oxygen atoms in total. The number of hydrogen-bond acceptors (Lipinski definition) is 2. The Morgan fingerprint density at radius 3 is 2.50 bits per heavy atom. The molecule has 2 rings (SSSR count). The SMILES string of the molecule is CC(C)N(CCC(=O)c1ccccc1)CC1CC1. The molecule has 0 saturated heterocycles.